The topological polar surface area (TPSA) is 92.4 Å². The Labute approximate surface area is 118 Å². The van der Waals surface area contributed by atoms with E-state index in [1.54, 1.807) is 12.1 Å². The van der Waals surface area contributed by atoms with Crippen molar-refractivity contribution in [2.45, 2.75) is 18.9 Å². The highest BCUT2D eigenvalue weighted by molar-refractivity contribution is 7.83. The van der Waals surface area contributed by atoms with Crippen LogP contribution in [0.25, 0.3) is 0 Å². The first-order valence-electron chi connectivity index (χ1n) is 5.02. The van der Waals surface area contributed by atoms with Crippen molar-refractivity contribution >= 4 is 18.7 Å². The fourth-order valence-electron chi connectivity index (χ4n) is 1.48. The quantitative estimate of drug-likeness (QED) is 0.538. The maximum Gasteiger partial charge on any atom is 0.333 e. The number of nitrogens with two attached hydrogens (primary N) is 1. The van der Waals surface area contributed by atoms with E-state index in [1.807, 2.05) is 18.2 Å². The minimum absolute atomic E-state index is 0. The molecule has 0 aliphatic rings. The van der Waals surface area contributed by atoms with E-state index >= 15 is 0 Å². The molecular formula is C10H19BF3N2O3S. The Balaban J connectivity index is -0.000000320. The molecule has 0 aliphatic heterocycles. The molecule has 0 saturated carbocycles. The lowest BCUT2D eigenvalue weighted by Crippen LogP contribution is -2.28. The van der Waals surface area contributed by atoms with Gasteiger partial charge < -0.3 is 5.73 Å². The average molecular weight is 315 g/mol. The van der Waals surface area contributed by atoms with Crippen molar-refractivity contribution < 1.29 is 27.1 Å². The van der Waals surface area contributed by atoms with Crippen molar-refractivity contribution in [2.24, 2.45) is 5.73 Å². The van der Waals surface area contributed by atoms with Crippen LogP contribution in [-0.2, 0) is 10.3 Å². The molecule has 1 aromatic rings. The van der Waals surface area contributed by atoms with Gasteiger partial charge in [0.05, 0.1) is 0 Å². The van der Waals surface area contributed by atoms with E-state index in [0.717, 1.165) is 5.56 Å². The lowest BCUT2D eigenvalue weighted by Gasteiger charge is -2.16. The van der Waals surface area contributed by atoms with E-state index in [-0.39, 0.29) is 22.5 Å². The number of nitrogens with one attached hydrogen (secondary N) is 1. The molecule has 0 spiro atoms. The minimum atomic E-state index is -4.19. The maximum atomic E-state index is 10.8. The number of rotatable bonds is 6. The van der Waals surface area contributed by atoms with Crippen molar-refractivity contribution in [1.82, 2.24) is 4.72 Å². The summed E-state index contributed by atoms with van der Waals surface area (Å²) in [5, 5.41) is 0. The van der Waals surface area contributed by atoms with E-state index < -0.39 is 16.3 Å². The predicted molar refractivity (Wildman–Crippen MR) is 75.4 cm³/mol. The molecule has 0 amide bonds. The standard InChI is InChI=1S/C10H16N2O3S.B.3FH/c11-8-4-7-10(12-16(13,14)15)9-5-2-1-3-6-9;;;;/h1-3,5-6,10,12H,4,7-8,11H2,(H,13,14,15);;3*1H. The first-order chi connectivity index (χ1) is 7.53. The summed E-state index contributed by atoms with van der Waals surface area (Å²) < 4.78 is 32.5. The van der Waals surface area contributed by atoms with Crippen LogP contribution < -0.4 is 10.5 Å². The normalized spacial score (nSPS) is 10.9. The smallest absolute Gasteiger partial charge is 0.330 e. The molecule has 5 nitrogen and oxygen atoms in total. The van der Waals surface area contributed by atoms with Gasteiger partial charge in [-0.1, -0.05) is 30.3 Å². The van der Waals surface area contributed by atoms with E-state index in [0.29, 0.717) is 19.4 Å². The van der Waals surface area contributed by atoms with E-state index in [2.05, 4.69) is 4.72 Å². The monoisotopic (exact) mass is 315 g/mol. The van der Waals surface area contributed by atoms with Crippen LogP contribution in [0.5, 0.6) is 0 Å². The molecule has 0 aromatic heterocycles. The molecule has 3 radical (unpaired) electrons. The van der Waals surface area contributed by atoms with Crippen molar-refractivity contribution in [3.8, 4) is 0 Å². The molecule has 0 bridgehead atoms. The second-order valence-corrected chi connectivity index (χ2v) is 4.67. The Kier molecular flexibility index (Phi) is 17.6. The van der Waals surface area contributed by atoms with Crippen LogP contribution in [0.4, 0.5) is 14.1 Å². The minimum Gasteiger partial charge on any atom is -0.330 e. The van der Waals surface area contributed by atoms with Gasteiger partial charge in [0.25, 0.3) is 0 Å². The summed E-state index contributed by atoms with van der Waals surface area (Å²) in [5.74, 6) is 0. The van der Waals surface area contributed by atoms with Gasteiger partial charge in [0.1, 0.15) is 0 Å². The summed E-state index contributed by atoms with van der Waals surface area (Å²) in [6.45, 7) is 0.483. The number of halogens is 3. The highest BCUT2D eigenvalue weighted by Gasteiger charge is 2.16. The van der Waals surface area contributed by atoms with Crippen LogP contribution in [-0.4, -0.2) is 27.9 Å². The zero-order valence-corrected chi connectivity index (χ0v) is 11.5. The Morgan fingerprint density at radius 3 is 2.05 bits per heavy atom. The van der Waals surface area contributed by atoms with E-state index in [9.17, 15) is 8.42 Å². The van der Waals surface area contributed by atoms with Crippen LogP contribution in [0.1, 0.15) is 24.4 Å². The summed E-state index contributed by atoms with van der Waals surface area (Å²) in [5.41, 5.74) is 6.19. The van der Waals surface area contributed by atoms with Crippen LogP contribution in [0.2, 0.25) is 0 Å². The van der Waals surface area contributed by atoms with Gasteiger partial charge >= 0.3 is 10.3 Å². The molecule has 0 fully saturated rings. The second kappa shape index (κ2) is 12.9. The first kappa shape index (κ1) is 27.3. The molecule has 0 saturated heterocycles. The lowest BCUT2D eigenvalue weighted by atomic mass is 10.0. The maximum absolute atomic E-state index is 10.8. The zero-order chi connectivity index (χ0) is 12.0. The molecule has 0 aliphatic carbocycles. The summed E-state index contributed by atoms with van der Waals surface area (Å²) in [4.78, 5) is 0. The third-order valence-corrected chi connectivity index (χ3v) is 2.77. The van der Waals surface area contributed by atoms with Crippen molar-refractivity contribution in [2.75, 3.05) is 6.54 Å². The number of benzene rings is 1. The molecule has 10 heteroatoms. The van der Waals surface area contributed by atoms with Gasteiger partial charge in [-0.25, -0.2) is 0 Å². The molecule has 1 atom stereocenters. The highest BCUT2D eigenvalue weighted by Crippen LogP contribution is 2.18. The molecule has 1 aromatic carbocycles. The Bertz CT molecular complexity index is 423. The molecule has 1 unspecified atom stereocenters. The Hall–Kier alpha value is -1.10. The summed E-state index contributed by atoms with van der Waals surface area (Å²) in [6.07, 6.45) is 1.24. The van der Waals surface area contributed by atoms with Gasteiger partial charge in [-0.05, 0) is 24.9 Å². The largest absolute Gasteiger partial charge is 0.333 e. The summed E-state index contributed by atoms with van der Waals surface area (Å²) >= 11 is 0. The van der Waals surface area contributed by atoms with E-state index in [4.69, 9.17) is 10.3 Å². The fourth-order valence-corrected chi connectivity index (χ4v) is 2.09. The molecule has 1 rings (SSSR count). The summed E-state index contributed by atoms with van der Waals surface area (Å²) in [7, 11) is -4.19. The fraction of sp³-hybridized carbons (Fsp3) is 0.400. The van der Waals surface area contributed by atoms with E-state index in [1.165, 1.54) is 0 Å². The Morgan fingerprint density at radius 1 is 1.15 bits per heavy atom. The van der Waals surface area contributed by atoms with Crippen molar-refractivity contribution in [3.63, 3.8) is 0 Å². The van der Waals surface area contributed by atoms with Gasteiger partial charge in [-0.15, -0.1) is 0 Å². The van der Waals surface area contributed by atoms with Crippen LogP contribution in [0.15, 0.2) is 30.3 Å². The van der Waals surface area contributed by atoms with Gasteiger partial charge in [0.15, 0.2) is 0 Å². The third kappa shape index (κ3) is 10.8. The summed E-state index contributed by atoms with van der Waals surface area (Å²) in [6, 6.07) is 8.66. The van der Waals surface area contributed by atoms with Gasteiger partial charge in [-0.2, -0.15) is 13.1 Å². The van der Waals surface area contributed by atoms with Crippen LogP contribution in [0.3, 0.4) is 0 Å². The number of hydrogen-bond acceptors (Lipinski definition) is 3. The van der Waals surface area contributed by atoms with Crippen molar-refractivity contribution in [1.29, 1.82) is 0 Å². The highest BCUT2D eigenvalue weighted by atomic mass is 32.2. The van der Waals surface area contributed by atoms with Crippen molar-refractivity contribution in [3.05, 3.63) is 35.9 Å². The van der Waals surface area contributed by atoms with Gasteiger partial charge in [-0.3, -0.25) is 18.7 Å². The second-order valence-electron chi connectivity index (χ2n) is 3.49. The zero-order valence-electron chi connectivity index (χ0n) is 10.6. The molecule has 20 heavy (non-hydrogen) atoms. The molecule has 0 heterocycles. The number of hydrogen-bond donors (Lipinski definition) is 3. The van der Waals surface area contributed by atoms with Crippen LogP contribution in [0, 0.1) is 0 Å². The molecule has 117 valence electrons. The molecule has 4 N–H and O–H groups in total. The third-order valence-electron chi connectivity index (χ3n) is 2.19. The SMILES string of the molecule is F.F.F.NCCCC(NS(=O)(=O)O)c1ccccc1.[B]. The predicted octanol–water partition coefficient (Wildman–Crippen LogP) is 0.936. The Morgan fingerprint density at radius 2 is 1.65 bits per heavy atom. The lowest BCUT2D eigenvalue weighted by molar-refractivity contribution is 0.445. The van der Waals surface area contributed by atoms with Gasteiger partial charge in [0.2, 0.25) is 0 Å². The van der Waals surface area contributed by atoms with Crippen LogP contribution >= 0.6 is 0 Å². The first-order valence-corrected chi connectivity index (χ1v) is 6.46. The van der Waals surface area contributed by atoms with Gasteiger partial charge in [0, 0.05) is 14.5 Å². The molecular weight excluding hydrogens is 296 g/mol. The average Bonchev–Trinajstić information content (AvgIpc) is 2.24.